The summed E-state index contributed by atoms with van der Waals surface area (Å²) in [5.74, 6) is 0. The van der Waals surface area contributed by atoms with E-state index in [0.717, 1.165) is 15.4 Å². The van der Waals surface area contributed by atoms with Gasteiger partial charge in [-0.15, -0.1) is 22.7 Å². The summed E-state index contributed by atoms with van der Waals surface area (Å²) in [6.07, 6.45) is 0. The van der Waals surface area contributed by atoms with Gasteiger partial charge in [0.15, 0.2) is 5.13 Å². The molecule has 5 nitrogen and oxygen atoms in total. The summed E-state index contributed by atoms with van der Waals surface area (Å²) in [4.78, 5) is 6.37. The molecule has 0 saturated carbocycles. The van der Waals surface area contributed by atoms with Crippen LogP contribution in [-0.4, -0.2) is 19.4 Å². The van der Waals surface area contributed by atoms with Crippen LogP contribution in [0.1, 0.15) is 29.3 Å². The van der Waals surface area contributed by atoms with E-state index in [9.17, 15) is 8.42 Å². The molecule has 0 aromatic carbocycles. The first-order chi connectivity index (χ1) is 9.79. The molecule has 116 valence electrons. The number of nitrogens with zero attached hydrogens (tertiary/aromatic N) is 1. The van der Waals surface area contributed by atoms with Crippen LogP contribution in [0.3, 0.4) is 0 Å². The molecule has 2 rings (SSSR count). The maximum Gasteiger partial charge on any atom is 0.264 e. The molecule has 0 unspecified atom stereocenters. The number of aryl methyl sites for hydroxylation is 2. The van der Waals surface area contributed by atoms with Crippen LogP contribution in [0.2, 0.25) is 0 Å². The second kappa shape index (κ2) is 6.43. The Morgan fingerprint density at radius 3 is 2.62 bits per heavy atom. The first-order valence-electron chi connectivity index (χ1n) is 6.56. The van der Waals surface area contributed by atoms with Gasteiger partial charge in [-0.1, -0.05) is 13.8 Å². The monoisotopic (exact) mass is 345 g/mol. The van der Waals surface area contributed by atoms with Crippen molar-refractivity contribution in [2.45, 2.75) is 45.2 Å². The molecule has 0 amide bonds. The third-order valence-electron chi connectivity index (χ3n) is 2.92. The van der Waals surface area contributed by atoms with Gasteiger partial charge in [-0.3, -0.25) is 4.72 Å². The molecule has 0 aliphatic rings. The first-order valence-corrected chi connectivity index (χ1v) is 9.74. The second-order valence-electron chi connectivity index (χ2n) is 5.01. The largest absolute Gasteiger partial charge is 0.310 e. The molecule has 0 aliphatic carbocycles. The molecular weight excluding hydrogens is 326 g/mol. The van der Waals surface area contributed by atoms with E-state index in [1.54, 1.807) is 11.4 Å². The van der Waals surface area contributed by atoms with Crippen molar-refractivity contribution in [3.05, 3.63) is 26.9 Å². The topological polar surface area (TPSA) is 71.1 Å². The van der Waals surface area contributed by atoms with E-state index in [2.05, 4.69) is 15.0 Å². The highest BCUT2D eigenvalue weighted by molar-refractivity contribution is 7.93. The molecule has 8 heteroatoms. The Hall–Kier alpha value is -0.960. The van der Waals surface area contributed by atoms with Gasteiger partial charge in [0.2, 0.25) is 0 Å². The zero-order valence-corrected chi connectivity index (χ0v) is 14.9. The number of anilines is 1. The third-order valence-corrected chi connectivity index (χ3v) is 6.51. The summed E-state index contributed by atoms with van der Waals surface area (Å²) in [6.45, 7) is 8.39. The average Bonchev–Trinajstić information content (AvgIpc) is 2.94. The number of thiazole rings is 1. The Bertz CT molecular complexity index is 697. The van der Waals surface area contributed by atoms with Crippen LogP contribution < -0.4 is 10.0 Å². The van der Waals surface area contributed by atoms with Gasteiger partial charge in [0.05, 0.1) is 5.69 Å². The number of hydrogen-bond acceptors (Lipinski definition) is 6. The normalized spacial score (nSPS) is 12.0. The van der Waals surface area contributed by atoms with Crippen LogP contribution in [0.5, 0.6) is 0 Å². The number of thiophene rings is 1. The van der Waals surface area contributed by atoms with Gasteiger partial charge in [0, 0.05) is 22.3 Å². The smallest absolute Gasteiger partial charge is 0.264 e. The van der Waals surface area contributed by atoms with Crippen molar-refractivity contribution in [3.63, 3.8) is 0 Å². The SMILES string of the molecule is Cc1nc(NS(=O)(=O)c2ccsc2CNC(C)C)sc1C. The Labute approximate surface area is 133 Å². The second-order valence-corrected chi connectivity index (χ2v) is 8.86. The van der Waals surface area contributed by atoms with Crippen molar-refractivity contribution in [2.75, 3.05) is 4.72 Å². The molecule has 0 bridgehead atoms. The van der Waals surface area contributed by atoms with Crippen LogP contribution in [0.4, 0.5) is 5.13 Å². The zero-order chi connectivity index (χ0) is 15.6. The van der Waals surface area contributed by atoms with E-state index in [1.807, 2.05) is 27.7 Å². The number of aromatic nitrogens is 1. The molecule has 2 aromatic heterocycles. The van der Waals surface area contributed by atoms with Crippen LogP contribution in [0, 0.1) is 13.8 Å². The van der Waals surface area contributed by atoms with Crippen LogP contribution >= 0.6 is 22.7 Å². The van der Waals surface area contributed by atoms with Gasteiger partial charge in [0.1, 0.15) is 4.90 Å². The minimum Gasteiger partial charge on any atom is -0.310 e. The third kappa shape index (κ3) is 4.03. The van der Waals surface area contributed by atoms with Crippen molar-refractivity contribution in [2.24, 2.45) is 0 Å². The van der Waals surface area contributed by atoms with E-state index in [0.29, 0.717) is 22.6 Å². The van der Waals surface area contributed by atoms with Crippen LogP contribution in [0.15, 0.2) is 16.3 Å². The lowest BCUT2D eigenvalue weighted by Gasteiger charge is -2.09. The van der Waals surface area contributed by atoms with E-state index in [1.165, 1.54) is 22.7 Å². The number of sulfonamides is 1. The van der Waals surface area contributed by atoms with E-state index in [4.69, 9.17) is 0 Å². The molecule has 2 heterocycles. The fourth-order valence-electron chi connectivity index (χ4n) is 1.68. The minimum absolute atomic E-state index is 0.305. The van der Waals surface area contributed by atoms with Crippen LogP contribution in [0.25, 0.3) is 0 Å². The van der Waals surface area contributed by atoms with Crippen molar-refractivity contribution in [3.8, 4) is 0 Å². The number of rotatable bonds is 6. The van der Waals surface area contributed by atoms with Crippen LogP contribution in [-0.2, 0) is 16.6 Å². The quantitative estimate of drug-likeness (QED) is 0.844. The summed E-state index contributed by atoms with van der Waals surface area (Å²) < 4.78 is 27.5. The highest BCUT2D eigenvalue weighted by Crippen LogP contribution is 2.27. The summed E-state index contributed by atoms with van der Waals surface area (Å²) in [6, 6.07) is 1.94. The molecule has 0 fully saturated rings. The van der Waals surface area contributed by atoms with Gasteiger partial charge >= 0.3 is 0 Å². The first kappa shape index (κ1) is 16.4. The highest BCUT2D eigenvalue weighted by Gasteiger charge is 2.21. The van der Waals surface area contributed by atoms with Crippen molar-refractivity contribution < 1.29 is 8.42 Å². The van der Waals surface area contributed by atoms with E-state index < -0.39 is 10.0 Å². The molecule has 0 aliphatic heterocycles. The summed E-state index contributed by atoms with van der Waals surface area (Å²) in [7, 11) is -3.58. The summed E-state index contributed by atoms with van der Waals surface area (Å²) >= 11 is 2.79. The Morgan fingerprint density at radius 2 is 2.05 bits per heavy atom. The number of nitrogens with one attached hydrogen (secondary N) is 2. The van der Waals surface area contributed by atoms with Crippen molar-refractivity contribution in [1.29, 1.82) is 0 Å². The maximum atomic E-state index is 12.5. The molecule has 21 heavy (non-hydrogen) atoms. The molecule has 2 aromatic rings. The maximum absolute atomic E-state index is 12.5. The molecule has 2 N–H and O–H groups in total. The summed E-state index contributed by atoms with van der Waals surface area (Å²) in [5.41, 5.74) is 0.852. The van der Waals surface area contributed by atoms with E-state index >= 15 is 0 Å². The highest BCUT2D eigenvalue weighted by atomic mass is 32.2. The Kier molecular flexibility index (Phi) is 5.03. The molecule has 0 radical (unpaired) electrons. The fraction of sp³-hybridized carbons (Fsp3) is 0.462. The predicted molar refractivity (Wildman–Crippen MR) is 88.7 cm³/mol. The molecular formula is C13H19N3O2S3. The van der Waals surface area contributed by atoms with Crippen molar-refractivity contribution >= 4 is 37.8 Å². The van der Waals surface area contributed by atoms with Crippen molar-refractivity contribution in [1.82, 2.24) is 10.3 Å². The van der Waals surface area contributed by atoms with Gasteiger partial charge in [0.25, 0.3) is 10.0 Å². The minimum atomic E-state index is -3.58. The Balaban J connectivity index is 2.21. The number of hydrogen-bond donors (Lipinski definition) is 2. The lowest BCUT2D eigenvalue weighted by molar-refractivity contribution is 0.581. The summed E-state index contributed by atoms with van der Waals surface area (Å²) in [5, 5.41) is 5.45. The lowest BCUT2D eigenvalue weighted by Crippen LogP contribution is -2.23. The fourth-order valence-corrected chi connectivity index (χ4v) is 5.13. The predicted octanol–water partition coefficient (Wildman–Crippen LogP) is 3.12. The van der Waals surface area contributed by atoms with E-state index in [-0.39, 0.29) is 0 Å². The van der Waals surface area contributed by atoms with Gasteiger partial charge in [-0.05, 0) is 25.3 Å². The van der Waals surface area contributed by atoms with Gasteiger partial charge in [-0.2, -0.15) is 0 Å². The van der Waals surface area contributed by atoms with Gasteiger partial charge in [-0.25, -0.2) is 13.4 Å². The standard InChI is InChI=1S/C13H19N3O2S3/c1-8(2)14-7-11-12(5-6-19-11)21(17,18)16-13-15-9(3)10(4)20-13/h5-6,8,14H,7H2,1-4H3,(H,15,16). The zero-order valence-electron chi connectivity index (χ0n) is 12.4. The molecule has 0 saturated heterocycles. The van der Waals surface area contributed by atoms with Gasteiger partial charge < -0.3 is 5.32 Å². The molecule has 0 atom stereocenters. The molecule has 0 spiro atoms. The Morgan fingerprint density at radius 1 is 1.33 bits per heavy atom. The average molecular weight is 346 g/mol. The lowest BCUT2D eigenvalue weighted by atomic mass is 10.4.